The first-order valence-electron chi connectivity index (χ1n) is 5.58. The molecule has 1 saturated heterocycles. The molecule has 0 radical (unpaired) electrons. The van der Waals surface area contributed by atoms with Crippen LogP contribution in [0.3, 0.4) is 0 Å². The van der Waals surface area contributed by atoms with Crippen molar-refractivity contribution in [2.24, 2.45) is 0 Å². The fourth-order valence-corrected chi connectivity index (χ4v) is 1.70. The minimum Gasteiger partial charge on any atom is -0.317 e. The number of hydroxylamine groups is 1. The second-order valence-electron chi connectivity index (χ2n) is 3.86. The van der Waals surface area contributed by atoms with Crippen LogP contribution in [-0.4, -0.2) is 25.1 Å². The van der Waals surface area contributed by atoms with E-state index in [1.54, 1.807) is 12.1 Å². The van der Waals surface area contributed by atoms with Crippen molar-refractivity contribution in [2.45, 2.75) is 18.9 Å². The van der Waals surface area contributed by atoms with Gasteiger partial charge < -0.3 is 5.32 Å². The summed E-state index contributed by atoms with van der Waals surface area (Å²) in [5, 5.41) is 3.24. The highest BCUT2D eigenvalue weighted by molar-refractivity contribution is 5.93. The molecule has 0 aromatic heterocycles. The molecule has 1 aromatic rings. The second-order valence-corrected chi connectivity index (χ2v) is 3.86. The Morgan fingerprint density at radius 3 is 2.62 bits per heavy atom. The van der Waals surface area contributed by atoms with Crippen molar-refractivity contribution in [3.8, 4) is 0 Å². The third-order valence-corrected chi connectivity index (χ3v) is 2.64. The second kappa shape index (κ2) is 5.63. The zero-order valence-corrected chi connectivity index (χ0v) is 9.11. The maximum Gasteiger partial charge on any atom is 0.274 e. The van der Waals surface area contributed by atoms with E-state index >= 15 is 0 Å². The number of piperidine rings is 1. The van der Waals surface area contributed by atoms with Gasteiger partial charge in [-0.15, -0.1) is 0 Å². The maximum absolute atomic E-state index is 11.6. The molecule has 2 N–H and O–H groups in total. The number of rotatable bonds is 3. The van der Waals surface area contributed by atoms with Gasteiger partial charge in [0.2, 0.25) is 0 Å². The molecule has 1 aliphatic rings. The van der Waals surface area contributed by atoms with Gasteiger partial charge in [-0.2, -0.15) is 0 Å². The standard InChI is InChI=1S/C12H16N2O2/c15-12(10-4-2-1-3-5-10)14-16-11-6-8-13-9-7-11/h1-5,11,13H,6-9H2,(H,14,15). The molecule has 0 spiro atoms. The van der Waals surface area contributed by atoms with E-state index in [0.717, 1.165) is 25.9 Å². The number of hydrogen-bond donors (Lipinski definition) is 2. The van der Waals surface area contributed by atoms with E-state index in [1.807, 2.05) is 18.2 Å². The van der Waals surface area contributed by atoms with E-state index in [-0.39, 0.29) is 12.0 Å². The molecule has 1 aliphatic heterocycles. The lowest BCUT2D eigenvalue weighted by atomic mass is 10.1. The Morgan fingerprint density at radius 2 is 1.94 bits per heavy atom. The first-order chi connectivity index (χ1) is 7.86. The number of benzene rings is 1. The van der Waals surface area contributed by atoms with Crippen LogP contribution < -0.4 is 10.8 Å². The fraction of sp³-hybridized carbons (Fsp3) is 0.417. The van der Waals surface area contributed by atoms with Gasteiger partial charge in [0.05, 0.1) is 6.10 Å². The van der Waals surface area contributed by atoms with Crippen molar-refractivity contribution in [2.75, 3.05) is 13.1 Å². The highest BCUT2D eigenvalue weighted by Crippen LogP contribution is 2.06. The van der Waals surface area contributed by atoms with Gasteiger partial charge in [0, 0.05) is 5.56 Å². The minimum atomic E-state index is -0.181. The third-order valence-electron chi connectivity index (χ3n) is 2.64. The summed E-state index contributed by atoms with van der Waals surface area (Å²) in [6.45, 7) is 1.90. The summed E-state index contributed by atoms with van der Waals surface area (Å²) in [6.07, 6.45) is 2.01. The summed E-state index contributed by atoms with van der Waals surface area (Å²) in [5.74, 6) is -0.181. The molecule has 1 heterocycles. The van der Waals surface area contributed by atoms with Gasteiger partial charge >= 0.3 is 0 Å². The van der Waals surface area contributed by atoms with E-state index < -0.39 is 0 Å². The molecule has 0 bridgehead atoms. The molecule has 1 fully saturated rings. The molecule has 0 unspecified atom stereocenters. The van der Waals surface area contributed by atoms with Crippen LogP contribution in [0.15, 0.2) is 30.3 Å². The molecule has 2 rings (SSSR count). The predicted molar refractivity (Wildman–Crippen MR) is 60.9 cm³/mol. The summed E-state index contributed by atoms with van der Waals surface area (Å²) in [7, 11) is 0. The molecule has 0 atom stereocenters. The van der Waals surface area contributed by atoms with E-state index in [4.69, 9.17) is 4.84 Å². The predicted octanol–water partition coefficient (Wildman–Crippen LogP) is 1.10. The summed E-state index contributed by atoms with van der Waals surface area (Å²) in [6, 6.07) is 9.07. The number of hydrogen-bond acceptors (Lipinski definition) is 3. The molecular formula is C12H16N2O2. The topological polar surface area (TPSA) is 50.4 Å². The molecule has 86 valence electrons. The van der Waals surface area contributed by atoms with Gasteiger partial charge in [-0.1, -0.05) is 18.2 Å². The quantitative estimate of drug-likeness (QED) is 0.750. The Labute approximate surface area is 94.9 Å². The minimum absolute atomic E-state index is 0.133. The van der Waals surface area contributed by atoms with Crippen molar-refractivity contribution in [1.29, 1.82) is 0 Å². The third kappa shape index (κ3) is 3.05. The Bertz CT molecular complexity index is 334. The lowest BCUT2D eigenvalue weighted by Gasteiger charge is -2.22. The molecule has 4 heteroatoms. The molecule has 1 aromatic carbocycles. The molecule has 4 nitrogen and oxygen atoms in total. The Kier molecular flexibility index (Phi) is 3.91. The van der Waals surface area contributed by atoms with Crippen LogP contribution in [0.4, 0.5) is 0 Å². The Hall–Kier alpha value is -1.39. The summed E-state index contributed by atoms with van der Waals surface area (Å²) in [4.78, 5) is 17.0. The summed E-state index contributed by atoms with van der Waals surface area (Å²) in [5.41, 5.74) is 3.12. The van der Waals surface area contributed by atoms with Crippen LogP contribution in [0, 0.1) is 0 Å². The SMILES string of the molecule is O=C(NOC1CCNCC1)c1ccccc1. The number of nitrogens with one attached hydrogen (secondary N) is 2. The van der Waals surface area contributed by atoms with Gasteiger partial charge in [0.1, 0.15) is 0 Å². The van der Waals surface area contributed by atoms with Gasteiger partial charge in [0.25, 0.3) is 5.91 Å². The molecule has 0 aliphatic carbocycles. The van der Waals surface area contributed by atoms with Crippen LogP contribution in [0.1, 0.15) is 23.2 Å². The van der Waals surface area contributed by atoms with Crippen LogP contribution >= 0.6 is 0 Å². The molecule has 0 saturated carbocycles. The van der Waals surface area contributed by atoms with Crippen molar-refractivity contribution >= 4 is 5.91 Å². The average Bonchev–Trinajstić information content (AvgIpc) is 2.38. The number of carbonyl (C=O) groups is 1. The first kappa shape index (κ1) is 11.1. The van der Waals surface area contributed by atoms with Crippen molar-refractivity contribution in [3.63, 3.8) is 0 Å². The zero-order chi connectivity index (χ0) is 11.2. The maximum atomic E-state index is 11.6. The van der Waals surface area contributed by atoms with Crippen molar-refractivity contribution in [3.05, 3.63) is 35.9 Å². The highest BCUT2D eigenvalue weighted by atomic mass is 16.7. The van der Waals surface area contributed by atoms with Gasteiger partial charge in [-0.05, 0) is 38.1 Å². The number of amides is 1. The van der Waals surface area contributed by atoms with E-state index in [0.29, 0.717) is 5.56 Å². The lowest BCUT2D eigenvalue weighted by molar-refractivity contribution is -0.0282. The van der Waals surface area contributed by atoms with Crippen LogP contribution in [0.25, 0.3) is 0 Å². The number of carbonyl (C=O) groups excluding carboxylic acids is 1. The average molecular weight is 220 g/mol. The van der Waals surface area contributed by atoms with E-state index in [9.17, 15) is 4.79 Å². The Balaban J connectivity index is 1.79. The van der Waals surface area contributed by atoms with Crippen LogP contribution in [0.2, 0.25) is 0 Å². The van der Waals surface area contributed by atoms with Crippen LogP contribution in [0.5, 0.6) is 0 Å². The largest absolute Gasteiger partial charge is 0.317 e. The normalized spacial score (nSPS) is 17.0. The fourth-order valence-electron chi connectivity index (χ4n) is 1.70. The highest BCUT2D eigenvalue weighted by Gasteiger charge is 2.15. The van der Waals surface area contributed by atoms with Crippen molar-refractivity contribution in [1.82, 2.24) is 10.8 Å². The van der Waals surface area contributed by atoms with Gasteiger partial charge in [-0.3, -0.25) is 9.63 Å². The smallest absolute Gasteiger partial charge is 0.274 e. The zero-order valence-electron chi connectivity index (χ0n) is 9.11. The van der Waals surface area contributed by atoms with Crippen molar-refractivity contribution < 1.29 is 9.63 Å². The van der Waals surface area contributed by atoms with Gasteiger partial charge in [-0.25, -0.2) is 5.48 Å². The molecule has 1 amide bonds. The summed E-state index contributed by atoms with van der Waals surface area (Å²) >= 11 is 0. The Morgan fingerprint density at radius 1 is 1.25 bits per heavy atom. The van der Waals surface area contributed by atoms with E-state index in [2.05, 4.69) is 10.8 Å². The molecule has 16 heavy (non-hydrogen) atoms. The van der Waals surface area contributed by atoms with Crippen LogP contribution in [-0.2, 0) is 4.84 Å². The van der Waals surface area contributed by atoms with E-state index in [1.165, 1.54) is 0 Å². The first-order valence-corrected chi connectivity index (χ1v) is 5.58. The lowest BCUT2D eigenvalue weighted by Crippen LogP contribution is -2.37. The van der Waals surface area contributed by atoms with Gasteiger partial charge in [0.15, 0.2) is 0 Å². The molecular weight excluding hydrogens is 204 g/mol. The summed E-state index contributed by atoms with van der Waals surface area (Å²) < 4.78 is 0. The monoisotopic (exact) mass is 220 g/mol.